The summed E-state index contributed by atoms with van der Waals surface area (Å²) in [5.41, 5.74) is 6.87. The first-order valence-corrected chi connectivity index (χ1v) is 11.9. The Hall–Kier alpha value is -3.45. The minimum Gasteiger partial charge on any atom is -0.497 e. The van der Waals surface area contributed by atoms with Gasteiger partial charge in [-0.1, -0.05) is 12.1 Å². The predicted molar refractivity (Wildman–Crippen MR) is 132 cm³/mol. The fraction of sp³-hybridized carbons (Fsp3) is 0.269. The summed E-state index contributed by atoms with van der Waals surface area (Å²) < 4.78 is 18.9. The van der Waals surface area contributed by atoms with E-state index in [0.29, 0.717) is 13.2 Å². The van der Waals surface area contributed by atoms with Gasteiger partial charge in [0, 0.05) is 40.6 Å². The van der Waals surface area contributed by atoms with Crippen molar-refractivity contribution in [3.63, 3.8) is 0 Å². The van der Waals surface area contributed by atoms with Gasteiger partial charge < -0.3 is 24.1 Å². The third-order valence-corrected chi connectivity index (χ3v) is 6.69. The van der Waals surface area contributed by atoms with Crippen LogP contribution in [0.2, 0.25) is 0 Å². The smallest absolute Gasteiger partial charge is 0.187 e. The van der Waals surface area contributed by atoms with E-state index in [0.717, 1.165) is 46.7 Å². The van der Waals surface area contributed by atoms with E-state index in [1.807, 2.05) is 30.3 Å². The van der Waals surface area contributed by atoms with Crippen LogP contribution in [0.4, 0.5) is 10.8 Å². The molecular weight excluding hydrogens is 434 g/mol. The van der Waals surface area contributed by atoms with E-state index in [4.69, 9.17) is 19.2 Å². The highest BCUT2D eigenvalue weighted by molar-refractivity contribution is 7.14. The molecule has 1 aliphatic rings. The first-order valence-electron chi connectivity index (χ1n) is 11.0. The number of ether oxygens (including phenoxy) is 3. The lowest BCUT2D eigenvalue weighted by molar-refractivity contribution is 0.171. The van der Waals surface area contributed by atoms with Crippen LogP contribution < -0.4 is 19.5 Å². The molecule has 4 aromatic rings. The summed E-state index contributed by atoms with van der Waals surface area (Å²) in [6.07, 6.45) is 0.966. The van der Waals surface area contributed by atoms with Crippen LogP contribution in [-0.4, -0.2) is 29.9 Å². The molecule has 1 aliphatic heterocycles. The van der Waals surface area contributed by atoms with Crippen molar-refractivity contribution < 1.29 is 14.2 Å². The SMILES string of the molecule is COc1ccc(CCn2c(C)cc(-c3csc(Nc4ccc5c(c4)OCCO5)n3)c2C)cc1. The van der Waals surface area contributed by atoms with E-state index < -0.39 is 0 Å². The predicted octanol–water partition coefficient (Wildman–Crippen LogP) is 5.99. The highest BCUT2D eigenvalue weighted by Crippen LogP contribution is 2.35. The Morgan fingerprint density at radius 1 is 1.03 bits per heavy atom. The van der Waals surface area contributed by atoms with E-state index in [9.17, 15) is 0 Å². The van der Waals surface area contributed by atoms with Crippen molar-refractivity contribution >= 4 is 22.2 Å². The maximum Gasteiger partial charge on any atom is 0.187 e. The van der Waals surface area contributed by atoms with Crippen LogP contribution in [0, 0.1) is 13.8 Å². The first kappa shape index (κ1) is 21.4. The summed E-state index contributed by atoms with van der Waals surface area (Å²) in [6, 6.07) is 16.4. The van der Waals surface area contributed by atoms with Crippen molar-refractivity contribution in [2.45, 2.75) is 26.8 Å². The number of fused-ring (bicyclic) bond motifs is 1. The average molecular weight is 462 g/mol. The molecule has 5 rings (SSSR count). The summed E-state index contributed by atoms with van der Waals surface area (Å²) in [5, 5.41) is 6.35. The molecular formula is C26H27N3O3S. The molecule has 0 aliphatic carbocycles. The maximum atomic E-state index is 5.68. The van der Waals surface area contributed by atoms with Gasteiger partial charge in [0.2, 0.25) is 0 Å². The number of thiazole rings is 1. The fourth-order valence-corrected chi connectivity index (χ4v) is 4.87. The van der Waals surface area contributed by atoms with Crippen LogP contribution >= 0.6 is 11.3 Å². The molecule has 6 nitrogen and oxygen atoms in total. The molecule has 0 unspecified atom stereocenters. The number of hydrogen-bond acceptors (Lipinski definition) is 6. The third-order valence-electron chi connectivity index (χ3n) is 5.93. The van der Waals surface area contributed by atoms with Crippen molar-refractivity contribution in [3.05, 3.63) is 70.9 Å². The number of anilines is 2. The zero-order valence-corrected chi connectivity index (χ0v) is 19.9. The van der Waals surface area contributed by atoms with Gasteiger partial charge in [-0.2, -0.15) is 0 Å². The van der Waals surface area contributed by atoms with Crippen molar-refractivity contribution in [3.8, 4) is 28.5 Å². The van der Waals surface area contributed by atoms with Crippen LogP contribution in [-0.2, 0) is 13.0 Å². The molecule has 3 heterocycles. The molecule has 2 aromatic heterocycles. The third kappa shape index (κ3) is 4.54. The lowest BCUT2D eigenvalue weighted by atomic mass is 10.1. The van der Waals surface area contributed by atoms with Gasteiger partial charge in [0.1, 0.15) is 19.0 Å². The molecule has 0 bridgehead atoms. The van der Waals surface area contributed by atoms with Gasteiger partial charge in [-0.25, -0.2) is 4.98 Å². The second kappa shape index (κ2) is 9.19. The molecule has 170 valence electrons. The number of nitrogens with one attached hydrogen (secondary N) is 1. The lowest BCUT2D eigenvalue weighted by Gasteiger charge is -2.18. The second-order valence-electron chi connectivity index (χ2n) is 8.06. The largest absolute Gasteiger partial charge is 0.497 e. The zero-order valence-electron chi connectivity index (χ0n) is 19.1. The number of benzene rings is 2. The van der Waals surface area contributed by atoms with Gasteiger partial charge in [0.05, 0.1) is 12.8 Å². The molecule has 0 spiro atoms. The highest BCUT2D eigenvalue weighted by Gasteiger charge is 2.15. The number of hydrogen-bond donors (Lipinski definition) is 1. The summed E-state index contributed by atoms with van der Waals surface area (Å²) in [7, 11) is 1.69. The minimum atomic E-state index is 0.575. The quantitative estimate of drug-likeness (QED) is 0.366. The Kier molecular flexibility index (Phi) is 5.96. The van der Waals surface area contributed by atoms with E-state index in [1.54, 1.807) is 18.4 Å². The van der Waals surface area contributed by atoms with E-state index in [2.05, 4.69) is 47.3 Å². The molecule has 0 amide bonds. The first-order chi connectivity index (χ1) is 16.1. The van der Waals surface area contributed by atoms with Gasteiger partial charge >= 0.3 is 0 Å². The van der Waals surface area contributed by atoms with Crippen molar-refractivity contribution in [1.82, 2.24) is 9.55 Å². The number of aryl methyl sites for hydroxylation is 2. The van der Waals surface area contributed by atoms with Gasteiger partial charge in [-0.3, -0.25) is 0 Å². The number of methoxy groups -OCH3 is 1. The lowest BCUT2D eigenvalue weighted by Crippen LogP contribution is -2.15. The van der Waals surface area contributed by atoms with E-state index in [-0.39, 0.29) is 0 Å². The van der Waals surface area contributed by atoms with Crippen molar-refractivity contribution in [2.75, 3.05) is 25.6 Å². The van der Waals surface area contributed by atoms with Crippen molar-refractivity contribution in [2.24, 2.45) is 0 Å². The molecule has 33 heavy (non-hydrogen) atoms. The Labute approximate surface area is 197 Å². The molecule has 0 saturated carbocycles. The molecule has 0 fully saturated rings. The minimum absolute atomic E-state index is 0.575. The number of rotatable bonds is 7. The number of aromatic nitrogens is 2. The van der Waals surface area contributed by atoms with Crippen LogP contribution in [0.1, 0.15) is 17.0 Å². The Bertz CT molecular complexity index is 1260. The fourth-order valence-electron chi connectivity index (χ4n) is 4.14. The molecule has 0 atom stereocenters. The summed E-state index contributed by atoms with van der Waals surface area (Å²) in [4.78, 5) is 4.85. The Balaban J connectivity index is 1.30. The monoisotopic (exact) mass is 461 g/mol. The standard InChI is InChI=1S/C26H27N3O3S/c1-17-14-22(18(2)29(17)11-10-19-4-7-21(30-3)8-5-19)23-16-33-26(28-23)27-20-6-9-24-25(15-20)32-13-12-31-24/h4-9,14-16H,10-13H2,1-3H3,(H,27,28). The molecule has 0 saturated heterocycles. The summed E-state index contributed by atoms with van der Waals surface area (Å²) in [5.74, 6) is 2.44. The molecule has 2 aromatic carbocycles. The summed E-state index contributed by atoms with van der Waals surface area (Å²) >= 11 is 1.60. The normalized spacial score (nSPS) is 12.6. The Morgan fingerprint density at radius 2 is 1.82 bits per heavy atom. The summed E-state index contributed by atoms with van der Waals surface area (Å²) in [6.45, 7) is 6.42. The molecule has 7 heteroatoms. The van der Waals surface area contributed by atoms with E-state index >= 15 is 0 Å². The number of nitrogens with zero attached hydrogens (tertiary/aromatic N) is 2. The van der Waals surface area contributed by atoms with Crippen LogP contribution in [0.25, 0.3) is 11.3 Å². The van der Waals surface area contributed by atoms with Crippen LogP contribution in [0.15, 0.2) is 53.9 Å². The maximum absolute atomic E-state index is 5.68. The van der Waals surface area contributed by atoms with E-state index in [1.165, 1.54) is 22.5 Å². The van der Waals surface area contributed by atoms with Gasteiger partial charge in [-0.05, 0) is 56.2 Å². The van der Waals surface area contributed by atoms with Crippen LogP contribution in [0.3, 0.4) is 0 Å². The zero-order chi connectivity index (χ0) is 22.8. The van der Waals surface area contributed by atoms with Gasteiger partial charge in [-0.15, -0.1) is 11.3 Å². The topological polar surface area (TPSA) is 57.5 Å². The molecule has 0 radical (unpaired) electrons. The second-order valence-corrected chi connectivity index (χ2v) is 8.91. The average Bonchev–Trinajstić information content (AvgIpc) is 3.41. The van der Waals surface area contributed by atoms with Crippen molar-refractivity contribution in [1.29, 1.82) is 0 Å². The molecule has 1 N–H and O–H groups in total. The highest BCUT2D eigenvalue weighted by atomic mass is 32.1. The van der Waals surface area contributed by atoms with Gasteiger partial charge in [0.15, 0.2) is 16.6 Å². The van der Waals surface area contributed by atoms with Gasteiger partial charge in [0.25, 0.3) is 0 Å². The van der Waals surface area contributed by atoms with Crippen LogP contribution in [0.5, 0.6) is 17.2 Å². The Morgan fingerprint density at radius 3 is 2.61 bits per heavy atom.